The number of thiophene rings is 1. The van der Waals surface area contributed by atoms with Crippen molar-refractivity contribution < 1.29 is 13.2 Å². The SMILES string of the molecule is CCS(=O)(=O)N1CCC(C(=O)N(Cc2cccs2)C2CC2)CC1. The molecule has 0 atom stereocenters. The molecule has 1 saturated heterocycles. The molecule has 1 aliphatic carbocycles. The molecule has 0 bridgehead atoms. The Bertz CT molecular complexity index is 630. The molecular formula is C16H24N2O3S2. The van der Waals surface area contributed by atoms with Crippen LogP contribution in [0.4, 0.5) is 0 Å². The van der Waals surface area contributed by atoms with E-state index in [2.05, 4.69) is 6.07 Å². The van der Waals surface area contributed by atoms with E-state index in [9.17, 15) is 13.2 Å². The first-order valence-electron chi connectivity index (χ1n) is 8.32. The van der Waals surface area contributed by atoms with Gasteiger partial charge in [0.25, 0.3) is 0 Å². The molecule has 1 aromatic heterocycles. The summed E-state index contributed by atoms with van der Waals surface area (Å²) in [5, 5.41) is 2.04. The minimum Gasteiger partial charge on any atom is -0.334 e. The average molecular weight is 357 g/mol. The van der Waals surface area contributed by atoms with Crippen molar-refractivity contribution in [2.24, 2.45) is 5.92 Å². The molecule has 1 aromatic rings. The van der Waals surface area contributed by atoms with Crippen molar-refractivity contribution in [1.29, 1.82) is 0 Å². The fourth-order valence-electron chi connectivity index (χ4n) is 3.14. The van der Waals surface area contributed by atoms with Gasteiger partial charge in [0.1, 0.15) is 0 Å². The Morgan fingerprint density at radius 1 is 1.30 bits per heavy atom. The quantitative estimate of drug-likeness (QED) is 0.786. The van der Waals surface area contributed by atoms with Crippen LogP contribution in [0.25, 0.3) is 0 Å². The van der Waals surface area contributed by atoms with E-state index in [1.807, 2.05) is 16.3 Å². The zero-order valence-corrected chi connectivity index (χ0v) is 15.1. The van der Waals surface area contributed by atoms with Crippen molar-refractivity contribution in [3.05, 3.63) is 22.4 Å². The van der Waals surface area contributed by atoms with Gasteiger partial charge in [-0.25, -0.2) is 12.7 Å². The van der Waals surface area contributed by atoms with Crippen LogP contribution in [0.1, 0.15) is 37.5 Å². The fraction of sp³-hybridized carbons (Fsp3) is 0.688. The molecule has 2 heterocycles. The van der Waals surface area contributed by atoms with Crippen molar-refractivity contribution in [2.45, 2.75) is 45.2 Å². The van der Waals surface area contributed by atoms with E-state index in [4.69, 9.17) is 0 Å². The first-order valence-corrected chi connectivity index (χ1v) is 10.8. The van der Waals surface area contributed by atoms with Gasteiger partial charge in [0.05, 0.1) is 12.3 Å². The number of piperidine rings is 1. The van der Waals surface area contributed by atoms with Crippen LogP contribution in [0.5, 0.6) is 0 Å². The summed E-state index contributed by atoms with van der Waals surface area (Å²) in [6, 6.07) is 4.48. The second-order valence-electron chi connectivity index (χ2n) is 6.35. The lowest BCUT2D eigenvalue weighted by Gasteiger charge is -2.33. The largest absolute Gasteiger partial charge is 0.334 e. The Hall–Kier alpha value is -0.920. The third-order valence-corrected chi connectivity index (χ3v) is 7.48. The zero-order chi connectivity index (χ0) is 16.4. The predicted octanol–water partition coefficient (Wildman–Crippen LogP) is 2.30. The Morgan fingerprint density at radius 2 is 2.00 bits per heavy atom. The first kappa shape index (κ1) is 16.9. The van der Waals surface area contributed by atoms with Crippen LogP contribution in [0.3, 0.4) is 0 Å². The first-order chi connectivity index (χ1) is 11.0. The molecule has 128 valence electrons. The van der Waals surface area contributed by atoms with Crippen LogP contribution >= 0.6 is 11.3 Å². The van der Waals surface area contributed by atoms with Crippen LogP contribution in [-0.4, -0.2) is 48.4 Å². The second kappa shape index (κ2) is 6.91. The molecule has 5 nitrogen and oxygen atoms in total. The molecule has 1 saturated carbocycles. The van der Waals surface area contributed by atoms with Crippen molar-refractivity contribution in [1.82, 2.24) is 9.21 Å². The van der Waals surface area contributed by atoms with Crippen LogP contribution < -0.4 is 0 Å². The summed E-state index contributed by atoms with van der Waals surface area (Å²) in [5.41, 5.74) is 0. The third kappa shape index (κ3) is 3.95. The van der Waals surface area contributed by atoms with Gasteiger partial charge in [0.2, 0.25) is 15.9 Å². The van der Waals surface area contributed by atoms with Crippen molar-refractivity contribution in [3.8, 4) is 0 Å². The molecule has 0 N–H and O–H groups in total. The van der Waals surface area contributed by atoms with E-state index < -0.39 is 10.0 Å². The van der Waals surface area contributed by atoms with Crippen LogP contribution in [0, 0.1) is 5.92 Å². The van der Waals surface area contributed by atoms with E-state index in [0.29, 0.717) is 38.5 Å². The highest BCUT2D eigenvalue weighted by Gasteiger charge is 2.38. The highest BCUT2D eigenvalue weighted by atomic mass is 32.2. The van der Waals surface area contributed by atoms with Crippen molar-refractivity contribution >= 4 is 27.3 Å². The smallest absolute Gasteiger partial charge is 0.226 e. The molecule has 0 spiro atoms. The Balaban J connectivity index is 1.61. The van der Waals surface area contributed by atoms with Gasteiger partial charge in [-0.2, -0.15) is 0 Å². The lowest BCUT2D eigenvalue weighted by atomic mass is 9.96. The zero-order valence-electron chi connectivity index (χ0n) is 13.5. The molecule has 2 fully saturated rings. The van der Waals surface area contributed by atoms with E-state index in [1.54, 1.807) is 18.3 Å². The summed E-state index contributed by atoms with van der Waals surface area (Å²) in [6.45, 7) is 3.32. The molecule has 0 unspecified atom stereocenters. The number of nitrogens with zero attached hydrogens (tertiary/aromatic N) is 2. The molecule has 23 heavy (non-hydrogen) atoms. The van der Waals surface area contributed by atoms with Gasteiger partial charge < -0.3 is 4.90 Å². The maximum absolute atomic E-state index is 12.9. The van der Waals surface area contributed by atoms with Gasteiger partial charge in [-0.05, 0) is 44.1 Å². The second-order valence-corrected chi connectivity index (χ2v) is 9.64. The van der Waals surface area contributed by atoms with Gasteiger partial charge in [0.15, 0.2) is 0 Å². The highest BCUT2D eigenvalue weighted by Crippen LogP contribution is 2.32. The molecular weight excluding hydrogens is 332 g/mol. The topological polar surface area (TPSA) is 57.7 Å². The summed E-state index contributed by atoms with van der Waals surface area (Å²) < 4.78 is 25.4. The molecule has 2 aliphatic rings. The van der Waals surface area contributed by atoms with E-state index >= 15 is 0 Å². The minimum atomic E-state index is -3.13. The van der Waals surface area contributed by atoms with Crippen LogP contribution in [-0.2, 0) is 21.4 Å². The molecule has 1 amide bonds. The Labute approximate surface area is 142 Å². The highest BCUT2D eigenvalue weighted by molar-refractivity contribution is 7.89. The molecule has 3 rings (SSSR count). The number of carbonyl (C=O) groups excluding carboxylic acids is 1. The van der Waals surface area contributed by atoms with Gasteiger partial charge in [-0.15, -0.1) is 11.3 Å². The average Bonchev–Trinajstić information content (AvgIpc) is 3.28. The summed E-state index contributed by atoms with van der Waals surface area (Å²) >= 11 is 1.69. The summed E-state index contributed by atoms with van der Waals surface area (Å²) in [5.74, 6) is 0.325. The molecule has 7 heteroatoms. The monoisotopic (exact) mass is 356 g/mol. The number of hydrogen-bond acceptors (Lipinski definition) is 4. The molecule has 0 aromatic carbocycles. The lowest BCUT2D eigenvalue weighted by Crippen LogP contribution is -2.45. The van der Waals surface area contributed by atoms with E-state index in [1.165, 1.54) is 9.18 Å². The number of rotatable bonds is 6. The maximum atomic E-state index is 12.9. The maximum Gasteiger partial charge on any atom is 0.226 e. The van der Waals surface area contributed by atoms with Crippen molar-refractivity contribution in [3.63, 3.8) is 0 Å². The fourth-order valence-corrected chi connectivity index (χ4v) is 4.98. The van der Waals surface area contributed by atoms with Gasteiger partial charge in [-0.1, -0.05) is 6.07 Å². The van der Waals surface area contributed by atoms with Gasteiger partial charge in [0, 0.05) is 29.9 Å². The number of carbonyl (C=O) groups is 1. The number of hydrogen-bond donors (Lipinski definition) is 0. The summed E-state index contributed by atoms with van der Waals surface area (Å²) in [4.78, 5) is 16.1. The Morgan fingerprint density at radius 3 is 2.52 bits per heavy atom. The van der Waals surface area contributed by atoms with E-state index in [-0.39, 0.29) is 17.6 Å². The van der Waals surface area contributed by atoms with E-state index in [0.717, 1.165) is 12.8 Å². The van der Waals surface area contributed by atoms with Crippen LogP contribution in [0.2, 0.25) is 0 Å². The standard InChI is InChI=1S/C16H24N2O3S2/c1-2-23(20,21)17-9-7-13(8-10-17)16(19)18(14-5-6-14)12-15-4-3-11-22-15/h3-4,11,13-14H,2,5-10,12H2,1H3. The Kier molecular flexibility index (Phi) is 5.08. The third-order valence-electron chi connectivity index (χ3n) is 4.74. The van der Waals surface area contributed by atoms with Gasteiger partial charge in [-0.3, -0.25) is 4.79 Å². The lowest BCUT2D eigenvalue weighted by molar-refractivity contribution is -0.138. The number of amides is 1. The summed E-state index contributed by atoms with van der Waals surface area (Å²) in [7, 11) is -3.13. The normalized spacial score (nSPS) is 20.6. The number of sulfonamides is 1. The predicted molar refractivity (Wildman–Crippen MR) is 91.6 cm³/mol. The molecule has 0 radical (unpaired) electrons. The minimum absolute atomic E-state index is 0.0288. The summed E-state index contributed by atoms with van der Waals surface area (Å²) in [6.07, 6.45) is 3.48. The van der Waals surface area contributed by atoms with Crippen molar-refractivity contribution in [2.75, 3.05) is 18.8 Å². The molecule has 1 aliphatic heterocycles. The van der Waals surface area contributed by atoms with Crippen LogP contribution in [0.15, 0.2) is 17.5 Å². The van der Waals surface area contributed by atoms with Gasteiger partial charge >= 0.3 is 0 Å².